The molecule has 0 aromatic carbocycles. The van der Waals surface area contributed by atoms with E-state index in [1.807, 2.05) is 0 Å². The van der Waals surface area contributed by atoms with Crippen molar-refractivity contribution in [2.45, 2.75) is 39.3 Å². The molecule has 1 aromatic rings. The van der Waals surface area contributed by atoms with Crippen molar-refractivity contribution in [1.82, 2.24) is 10.3 Å². The van der Waals surface area contributed by atoms with E-state index in [0.717, 1.165) is 29.6 Å². The highest BCUT2D eigenvalue weighted by molar-refractivity contribution is 7.16. The van der Waals surface area contributed by atoms with Crippen LogP contribution in [0.25, 0.3) is 0 Å². The molecule has 16 heavy (non-hydrogen) atoms. The largest absolute Gasteiger partial charge is 0.348 e. The van der Waals surface area contributed by atoms with Gasteiger partial charge in [-0.2, -0.15) is 0 Å². The van der Waals surface area contributed by atoms with Gasteiger partial charge in [-0.1, -0.05) is 36.8 Å². The minimum Gasteiger partial charge on any atom is -0.348 e. The van der Waals surface area contributed by atoms with Gasteiger partial charge in [0.25, 0.3) is 0 Å². The number of halogens is 1. The molecule has 0 radical (unpaired) electrons. The second-order valence-corrected chi connectivity index (χ2v) is 5.86. The fourth-order valence-electron chi connectivity index (χ4n) is 1.77. The van der Waals surface area contributed by atoms with Gasteiger partial charge in [-0.05, 0) is 12.8 Å². The zero-order valence-electron chi connectivity index (χ0n) is 9.79. The maximum Gasteiger partial charge on any atom is 0.187 e. The second kappa shape index (κ2) is 5.34. The van der Waals surface area contributed by atoms with Crippen LogP contribution in [0.3, 0.4) is 0 Å². The Morgan fingerprint density at radius 3 is 2.75 bits per heavy atom. The SMILES string of the molecule is CC(C)NCc1sc(N2CCCC2)nc1Cl. The predicted octanol–water partition coefficient (Wildman–Crippen LogP) is 2.89. The number of hydrogen-bond acceptors (Lipinski definition) is 4. The number of anilines is 1. The van der Waals surface area contributed by atoms with Crippen LogP contribution in [-0.2, 0) is 6.54 Å². The van der Waals surface area contributed by atoms with Crippen molar-refractivity contribution in [2.75, 3.05) is 18.0 Å². The summed E-state index contributed by atoms with van der Waals surface area (Å²) in [6.07, 6.45) is 2.55. The Bertz CT molecular complexity index is 345. The lowest BCUT2D eigenvalue weighted by Gasteiger charge is -2.12. The zero-order valence-corrected chi connectivity index (χ0v) is 11.4. The van der Waals surface area contributed by atoms with E-state index in [1.54, 1.807) is 11.3 Å². The molecule has 2 rings (SSSR count). The third-order valence-corrected chi connectivity index (χ3v) is 4.23. The monoisotopic (exact) mass is 259 g/mol. The third kappa shape index (κ3) is 2.87. The van der Waals surface area contributed by atoms with Crippen LogP contribution in [0.1, 0.15) is 31.6 Å². The van der Waals surface area contributed by atoms with Crippen LogP contribution in [0.15, 0.2) is 0 Å². The van der Waals surface area contributed by atoms with Crippen molar-refractivity contribution in [3.8, 4) is 0 Å². The lowest BCUT2D eigenvalue weighted by molar-refractivity contribution is 0.593. The van der Waals surface area contributed by atoms with Gasteiger partial charge in [0.15, 0.2) is 5.13 Å². The van der Waals surface area contributed by atoms with Crippen LogP contribution in [0.5, 0.6) is 0 Å². The topological polar surface area (TPSA) is 28.2 Å². The maximum atomic E-state index is 6.14. The molecule has 1 N–H and O–H groups in total. The van der Waals surface area contributed by atoms with Crippen LogP contribution in [-0.4, -0.2) is 24.1 Å². The molecule has 0 bridgehead atoms. The van der Waals surface area contributed by atoms with Gasteiger partial charge in [-0.25, -0.2) is 4.98 Å². The van der Waals surface area contributed by atoms with Gasteiger partial charge in [0.2, 0.25) is 0 Å². The Balaban J connectivity index is 2.02. The lowest BCUT2D eigenvalue weighted by Crippen LogP contribution is -2.21. The number of aromatic nitrogens is 1. The van der Waals surface area contributed by atoms with Crippen molar-refractivity contribution < 1.29 is 0 Å². The van der Waals surface area contributed by atoms with Gasteiger partial charge in [0.05, 0.1) is 4.88 Å². The summed E-state index contributed by atoms with van der Waals surface area (Å²) in [5.41, 5.74) is 0. The van der Waals surface area contributed by atoms with Gasteiger partial charge in [0.1, 0.15) is 5.15 Å². The number of hydrogen-bond donors (Lipinski definition) is 1. The highest BCUT2D eigenvalue weighted by atomic mass is 35.5. The van der Waals surface area contributed by atoms with Crippen molar-refractivity contribution in [3.05, 3.63) is 10.0 Å². The molecule has 1 fully saturated rings. The average molecular weight is 260 g/mol. The second-order valence-electron chi connectivity index (χ2n) is 4.44. The average Bonchev–Trinajstić information content (AvgIpc) is 2.83. The number of nitrogens with zero attached hydrogens (tertiary/aromatic N) is 2. The maximum absolute atomic E-state index is 6.14. The summed E-state index contributed by atoms with van der Waals surface area (Å²) in [5.74, 6) is 0. The van der Waals surface area contributed by atoms with E-state index in [-0.39, 0.29) is 0 Å². The van der Waals surface area contributed by atoms with Gasteiger partial charge in [-0.3, -0.25) is 0 Å². The summed E-state index contributed by atoms with van der Waals surface area (Å²) in [6.45, 7) is 7.34. The Morgan fingerprint density at radius 2 is 2.12 bits per heavy atom. The summed E-state index contributed by atoms with van der Waals surface area (Å²) in [6, 6.07) is 0.480. The molecule has 2 heterocycles. The zero-order chi connectivity index (χ0) is 11.5. The fourth-order valence-corrected chi connectivity index (χ4v) is 3.04. The van der Waals surface area contributed by atoms with E-state index in [9.17, 15) is 0 Å². The van der Waals surface area contributed by atoms with E-state index < -0.39 is 0 Å². The van der Waals surface area contributed by atoms with Gasteiger partial charge < -0.3 is 10.2 Å². The molecule has 1 aromatic heterocycles. The first-order chi connectivity index (χ1) is 7.66. The molecule has 3 nitrogen and oxygen atoms in total. The molecule has 1 aliphatic heterocycles. The Hall–Kier alpha value is -0.320. The van der Waals surface area contributed by atoms with E-state index in [4.69, 9.17) is 11.6 Å². The van der Waals surface area contributed by atoms with E-state index >= 15 is 0 Å². The molecule has 5 heteroatoms. The van der Waals surface area contributed by atoms with E-state index in [0.29, 0.717) is 11.2 Å². The summed E-state index contributed by atoms with van der Waals surface area (Å²) >= 11 is 7.86. The molecular weight excluding hydrogens is 242 g/mol. The van der Waals surface area contributed by atoms with Crippen LogP contribution in [0, 0.1) is 0 Å². The summed E-state index contributed by atoms with van der Waals surface area (Å²) in [7, 11) is 0. The van der Waals surface area contributed by atoms with Gasteiger partial charge in [-0.15, -0.1) is 0 Å². The lowest BCUT2D eigenvalue weighted by atomic mass is 10.4. The fraction of sp³-hybridized carbons (Fsp3) is 0.727. The van der Waals surface area contributed by atoms with Crippen molar-refractivity contribution in [2.24, 2.45) is 0 Å². The number of rotatable bonds is 4. The standard InChI is InChI=1S/C11H18ClN3S/c1-8(2)13-7-9-10(12)14-11(16-9)15-5-3-4-6-15/h8,13H,3-7H2,1-2H3. The molecule has 0 spiro atoms. The molecule has 0 saturated carbocycles. The van der Waals surface area contributed by atoms with Crippen LogP contribution >= 0.6 is 22.9 Å². The highest BCUT2D eigenvalue weighted by Gasteiger charge is 2.18. The summed E-state index contributed by atoms with van der Waals surface area (Å²) < 4.78 is 0. The van der Waals surface area contributed by atoms with Crippen molar-refractivity contribution >= 4 is 28.1 Å². The van der Waals surface area contributed by atoms with Crippen LogP contribution in [0.4, 0.5) is 5.13 Å². The van der Waals surface area contributed by atoms with E-state index in [2.05, 4.69) is 29.0 Å². The van der Waals surface area contributed by atoms with Crippen LogP contribution in [0.2, 0.25) is 5.15 Å². The first-order valence-corrected chi connectivity index (χ1v) is 7.00. The van der Waals surface area contributed by atoms with Crippen molar-refractivity contribution in [3.63, 3.8) is 0 Å². The minimum atomic E-state index is 0.480. The molecule has 1 saturated heterocycles. The highest BCUT2D eigenvalue weighted by Crippen LogP contribution is 2.31. The Kier molecular flexibility index (Phi) is 4.05. The quantitative estimate of drug-likeness (QED) is 0.901. The molecule has 90 valence electrons. The number of thiazole rings is 1. The molecule has 0 unspecified atom stereocenters. The Labute approximate surface area is 106 Å². The molecule has 0 amide bonds. The molecular formula is C11H18ClN3S. The van der Waals surface area contributed by atoms with E-state index in [1.165, 1.54) is 12.8 Å². The Morgan fingerprint density at radius 1 is 1.44 bits per heavy atom. The molecule has 1 aliphatic rings. The predicted molar refractivity (Wildman–Crippen MR) is 70.5 cm³/mol. The third-order valence-electron chi connectivity index (χ3n) is 2.69. The first kappa shape index (κ1) is 12.1. The summed E-state index contributed by atoms with van der Waals surface area (Å²) in [4.78, 5) is 7.92. The van der Waals surface area contributed by atoms with Gasteiger partial charge >= 0.3 is 0 Å². The number of nitrogens with one attached hydrogen (secondary N) is 1. The molecule has 0 atom stereocenters. The first-order valence-electron chi connectivity index (χ1n) is 5.80. The normalized spacial score (nSPS) is 16.4. The van der Waals surface area contributed by atoms with Gasteiger partial charge in [0, 0.05) is 25.7 Å². The summed E-state index contributed by atoms with van der Waals surface area (Å²) in [5, 5.41) is 5.13. The smallest absolute Gasteiger partial charge is 0.187 e. The minimum absolute atomic E-state index is 0.480. The van der Waals surface area contributed by atoms with Crippen LogP contribution < -0.4 is 10.2 Å². The van der Waals surface area contributed by atoms with Crippen molar-refractivity contribution in [1.29, 1.82) is 0 Å². The molecule has 0 aliphatic carbocycles.